The molecule has 120 valence electrons. The number of pyridine rings is 1. The molecular weight excluding hydrogens is 296 g/mol. The summed E-state index contributed by atoms with van der Waals surface area (Å²) in [5.41, 5.74) is 1.81. The Morgan fingerprint density at radius 1 is 1.35 bits per heavy atom. The first-order valence-electron chi connectivity index (χ1n) is 7.10. The number of nitro benzene ring substituents is 1. The van der Waals surface area contributed by atoms with Crippen molar-refractivity contribution in [1.82, 2.24) is 9.88 Å². The van der Waals surface area contributed by atoms with Crippen LogP contribution in [0.4, 0.5) is 16.2 Å². The van der Waals surface area contributed by atoms with Crippen LogP contribution in [0, 0.1) is 17.0 Å². The van der Waals surface area contributed by atoms with Crippen LogP contribution in [-0.2, 0) is 0 Å². The maximum absolute atomic E-state index is 12.3. The SMILES string of the molecule is Cc1cc(NC(=O)N(C)C(C)c2ccccn2)ccc1[N+](=O)[O-]. The average molecular weight is 314 g/mol. The summed E-state index contributed by atoms with van der Waals surface area (Å²) in [7, 11) is 1.67. The van der Waals surface area contributed by atoms with Crippen LogP contribution in [0.2, 0.25) is 0 Å². The Labute approximate surface area is 134 Å². The summed E-state index contributed by atoms with van der Waals surface area (Å²) in [6.07, 6.45) is 1.68. The number of hydrogen-bond acceptors (Lipinski definition) is 4. The summed E-state index contributed by atoms with van der Waals surface area (Å²) >= 11 is 0. The number of aryl methyl sites for hydroxylation is 1. The topological polar surface area (TPSA) is 88.4 Å². The first-order valence-corrected chi connectivity index (χ1v) is 7.10. The van der Waals surface area contributed by atoms with Gasteiger partial charge in [-0.2, -0.15) is 0 Å². The second-order valence-corrected chi connectivity index (χ2v) is 5.23. The van der Waals surface area contributed by atoms with Gasteiger partial charge in [-0.1, -0.05) is 6.07 Å². The molecule has 0 aliphatic carbocycles. The van der Waals surface area contributed by atoms with Crippen molar-refractivity contribution < 1.29 is 9.72 Å². The highest BCUT2D eigenvalue weighted by Gasteiger charge is 2.19. The zero-order valence-electron chi connectivity index (χ0n) is 13.2. The number of benzene rings is 1. The summed E-state index contributed by atoms with van der Waals surface area (Å²) in [6, 6.07) is 9.50. The Morgan fingerprint density at radius 3 is 2.65 bits per heavy atom. The first kappa shape index (κ1) is 16.4. The second kappa shape index (κ2) is 6.87. The van der Waals surface area contributed by atoms with Crippen molar-refractivity contribution in [3.8, 4) is 0 Å². The smallest absolute Gasteiger partial charge is 0.319 e. The standard InChI is InChI=1S/C16H18N4O3/c1-11-10-13(7-8-15(11)20(22)23)18-16(21)19(3)12(2)14-6-4-5-9-17-14/h4-10,12H,1-3H3,(H,18,21). The molecule has 0 fully saturated rings. The van der Waals surface area contributed by atoms with Gasteiger partial charge in [0.25, 0.3) is 5.69 Å². The highest BCUT2D eigenvalue weighted by atomic mass is 16.6. The Kier molecular flexibility index (Phi) is 4.90. The van der Waals surface area contributed by atoms with E-state index in [1.165, 1.54) is 17.0 Å². The van der Waals surface area contributed by atoms with Gasteiger partial charge in [-0.25, -0.2) is 4.79 Å². The number of nitro groups is 1. The molecular formula is C16H18N4O3. The number of rotatable bonds is 4. The molecule has 0 saturated carbocycles. The third-order valence-electron chi connectivity index (χ3n) is 3.66. The molecule has 0 aliphatic rings. The number of hydrogen-bond donors (Lipinski definition) is 1. The molecule has 1 aromatic carbocycles. The van der Waals surface area contributed by atoms with Gasteiger partial charge >= 0.3 is 6.03 Å². The Balaban J connectivity index is 2.09. The van der Waals surface area contributed by atoms with Gasteiger partial charge in [-0.3, -0.25) is 15.1 Å². The first-order chi connectivity index (χ1) is 10.9. The second-order valence-electron chi connectivity index (χ2n) is 5.23. The summed E-state index contributed by atoms with van der Waals surface area (Å²) in [5.74, 6) is 0. The minimum absolute atomic E-state index is 0.0261. The van der Waals surface area contributed by atoms with Crippen LogP contribution < -0.4 is 5.32 Å². The van der Waals surface area contributed by atoms with Gasteiger partial charge in [0.2, 0.25) is 0 Å². The Morgan fingerprint density at radius 2 is 2.09 bits per heavy atom. The molecule has 0 aliphatic heterocycles. The molecule has 0 bridgehead atoms. The maximum atomic E-state index is 12.3. The van der Waals surface area contributed by atoms with E-state index in [1.807, 2.05) is 25.1 Å². The van der Waals surface area contributed by atoms with E-state index >= 15 is 0 Å². The van der Waals surface area contributed by atoms with E-state index < -0.39 is 4.92 Å². The number of nitrogens with zero attached hydrogens (tertiary/aromatic N) is 3. The van der Waals surface area contributed by atoms with Crippen molar-refractivity contribution in [2.45, 2.75) is 19.9 Å². The number of nitrogens with one attached hydrogen (secondary N) is 1. The minimum Gasteiger partial charge on any atom is -0.319 e. The number of carbonyl (C=O) groups is 1. The average Bonchev–Trinajstić information content (AvgIpc) is 2.54. The largest absolute Gasteiger partial charge is 0.322 e. The summed E-state index contributed by atoms with van der Waals surface area (Å²) in [4.78, 5) is 28.4. The highest BCUT2D eigenvalue weighted by molar-refractivity contribution is 5.89. The Hall–Kier alpha value is -2.96. The van der Waals surface area contributed by atoms with Crippen LogP contribution in [0.3, 0.4) is 0 Å². The molecule has 1 atom stereocenters. The summed E-state index contributed by atoms with van der Waals surface area (Å²) < 4.78 is 0. The predicted octanol–water partition coefficient (Wildman–Crippen LogP) is 3.52. The summed E-state index contributed by atoms with van der Waals surface area (Å²) in [5, 5.41) is 13.5. The van der Waals surface area contributed by atoms with Crippen LogP contribution in [0.1, 0.15) is 24.2 Å². The molecule has 1 N–H and O–H groups in total. The van der Waals surface area contributed by atoms with E-state index in [1.54, 1.807) is 26.2 Å². The van der Waals surface area contributed by atoms with Crippen molar-refractivity contribution in [1.29, 1.82) is 0 Å². The highest BCUT2D eigenvalue weighted by Crippen LogP contribution is 2.23. The van der Waals surface area contributed by atoms with E-state index in [2.05, 4.69) is 10.3 Å². The lowest BCUT2D eigenvalue weighted by molar-refractivity contribution is -0.385. The van der Waals surface area contributed by atoms with E-state index in [-0.39, 0.29) is 17.8 Å². The van der Waals surface area contributed by atoms with Crippen LogP contribution in [0.25, 0.3) is 0 Å². The molecule has 2 rings (SSSR count). The molecule has 7 heteroatoms. The van der Waals surface area contributed by atoms with Crippen LogP contribution in [-0.4, -0.2) is 27.9 Å². The minimum atomic E-state index is -0.448. The molecule has 23 heavy (non-hydrogen) atoms. The third kappa shape index (κ3) is 3.82. The predicted molar refractivity (Wildman–Crippen MR) is 87.3 cm³/mol. The maximum Gasteiger partial charge on any atom is 0.322 e. The molecule has 1 unspecified atom stereocenters. The third-order valence-corrected chi connectivity index (χ3v) is 3.66. The number of anilines is 1. The van der Waals surface area contributed by atoms with E-state index in [0.29, 0.717) is 11.3 Å². The van der Waals surface area contributed by atoms with Gasteiger partial charge in [0.15, 0.2) is 0 Å². The van der Waals surface area contributed by atoms with Crippen LogP contribution in [0.5, 0.6) is 0 Å². The van der Waals surface area contributed by atoms with E-state index in [0.717, 1.165) is 5.69 Å². The van der Waals surface area contributed by atoms with Gasteiger partial charge in [0.05, 0.1) is 16.7 Å². The molecule has 2 aromatic rings. The lowest BCUT2D eigenvalue weighted by Gasteiger charge is -2.24. The number of aromatic nitrogens is 1. The molecule has 0 saturated heterocycles. The molecule has 1 aromatic heterocycles. The van der Waals surface area contributed by atoms with Crippen molar-refractivity contribution in [3.05, 3.63) is 64.0 Å². The molecule has 0 radical (unpaired) electrons. The van der Waals surface area contributed by atoms with Gasteiger partial charge in [-0.05, 0) is 38.1 Å². The zero-order chi connectivity index (χ0) is 17.0. The fourth-order valence-corrected chi connectivity index (χ4v) is 2.15. The van der Waals surface area contributed by atoms with Crippen molar-refractivity contribution in [2.24, 2.45) is 0 Å². The monoisotopic (exact) mass is 314 g/mol. The van der Waals surface area contributed by atoms with Crippen molar-refractivity contribution in [2.75, 3.05) is 12.4 Å². The van der Waals surface area contributed by atoms with E-state index in [9.17, 15) is 14.9 Å². The number of urea groups is 1. The number of amides is 2. The lowest BCUT2D eigenvalue weighted by Crippen LogP contribution is -2.34. The van der Waals surface area contributed by atoms with E-state index in [4.69, 9.17) is 0 Å². The van der Waals surface area contributed by atoms with Gasteiger partial charge in [0, 0.05) is 30.6 Å². The molecule has 7 nitrogen and oxygen atoms in total. The Bertz CT molecular complexity index is 719. The van der Waals surface area contributed by atoms with Gasteiger partial charge in [0.1, 0.15) is 0 Å². The van der Waals surface area contributed by atoms with Crippen molar-refractivity contribution >= 4 is 17.4 Å². The fourth-order valence-electron chi connectivity index (χ4n) is 2.15. The van der Waals surface area contributed by atoms with Crippen LogP contribution >= 0.6 is 0 Å². The fraction of sp³-hybridized carbons (Fsp3) is 0.250. The van der Waals surface area contributed by atoms with Gasteiger partial charge in [-0.15, -0.1) is 0 Å². The molecule has 2 amide bonds. The molecule has 1 heterocycles. The lowest BCUT2D eigenvalue weighted by atomic mass is 10.2. The zero-order valence-corrected chi connectivity index (χ0v) is 13.2. The normalized spacial score (nSPS) is 11.6. The molecule has 0 spiro atoms. The van der Waals surface area contributed by atoms with Crippen LogP contribution in [0.15, 0.2) is 42.6 Å². The van der Waals surface area contributed by atoms with Crippen molar-refractivity contribution in [3.63, 3.8) is 0 Å². The number of carbonyl (C=O) groups excluding carboxylic acids is 1. The van der Waals surface area contributed by atoms with Gasteiger partial charge < -0.3 is 10.2 Å². The quantitative estimate of drug-likeness (QED) is 0.690. The summed E-state index contributed by atoms with van der Waals surface area (Å²) in [6.45, 7) is 3.51.